The molecule has 2 aliphatic rings. The second-order valence-electron chi connectivity index (χ2n) is 6.77. The minimum absolute atomic E-state index is 0.141. The number of rotatable bonds is 5. The highest BCUT2D eigenvalue weighted by Gasteiger charge is 2.35. The number of benzene rings is 1. The number of nitrogens with zero attached hydrogens (tertiary/aromatic N) is 3. The quantitative estimate of drug-likeness (QED) is 0.867. The molecule has 24 heavy (non-hydrogen) atoms. The van der Waals surface area contributed by atoms with Gasteiger partial charge in [-0.3, -0.25) is 0 Å². The van der Waals surface area contributed by atoms with Crippen LogP contribution in [0.1, 0.15) is 30.0 Å². The van der Waals surface area contributed by atoms with Crippen LogP contribution in [-0.2, 0) is 6.42 Å². The fraction of sp³-hybridized carbons (Fsp3) is 0.529. The fourth-order valence-corrected chi connectivity index (χ4v) is 4.04. The Hall–Kier alpha value is -1.86. The molecule has 0 saturated heterocycles. The van der Waals surface area contributed by atoms with Crippen molar-refractivity contribution in [3.63, 3.8) is 0 Å². The lowest BCUT2D eigenvalue weighted by atomic mass is 9.75. The van der Waals surface area contributed by atoms with Crippen molar-refractivity contribution in [3.8, 4) is 5.75 Å². The minimum atomic E-state index is -0.177. The number of aromatic nitrogens is 2. The van der Waals surface area contributed by atoms with Crippen LogP contribution in [0.4, 0.5) is 11.1 Å². The molecule has 0 bridgehead atoms. The zero-order valence-corrected chi connectivity index (χ0v) is 14.7. The van der Waals surface area contributed by atoms with Gasteiger partial charge in [0.1, 0.15) is 5.75 Å². The normalized spacial score (nSPS) is 23.1. The number of fused-ring (bicyclic) bond motifs is 1. The molecule has 1 aromatic heterocycles. The predicted octanol–water partition coefficient (Wildman–Crippen LogP) is 2.46. The summed E-state index contributed by atoms with van der Waals surface area (Å²) in [4.78, 5) is 6.44. The molecule has 0 unspecified atom stereocenters. The third-order valence-electron chi connectivity index (χ3n) is 4.79. The predicted molar refractivity (Wildman–Crippen MR) is 95.0 cm³/mol. The third-order valence-corrected chi connectivity index (χ3v) is 5.42. The average molecular weight is 346 g/mol. The second-order valence-corrected chi connectivity index (χ2v) is 7.52. The first-order chi connectivity index (χ1) is 11.6. The summed E-state index contributed by atoms with van der Waals surface area (Å²) in [6.45, 7) is 0.765. The summed E-state index contributed by atoms with van der Waals surface area (Å²) in [7, 11) is 3.87. The molecule has 4 rings (SSSR count). The van der Waals surface area contributed by atoms with E-state index in [-0.39, 0.29) is 12.1 Å². The van der Waals surface area contributed by atoms with E-state index < -0.39 is 0 Å². The zero-order chi connectivity index (χ0) is 16.7. The molecule has 0 amide bonds. The van der Waals surface area contributed by atoms with Crippen molar-refractivity contribution < 1.29 is 9.84 Å². The highest BCUT2D eigenvalue weighted by molar-refractivity contribution is 7.09. The number of hydrogen-bond acceptors (Lipinski definition) is 7. The van der Waals surface area contributed by atoms with Crippen molar-refractivity contribution in [3.05, 3.63) is 29.3 Å². The molecule has 128 valence electrons. The summed E-state index contributed by atoms with van der Waals surface area (Å²) in [5, 5.41) is 14.1. The van der Waals surface area contributed by atoms with Crippen molar-refractivity contribution in [2.75, 3.05) is 30.9 Å². The monoisotopic (exact) mass is 346 g/mol. The number of hydrogen-bond donors (Lipinski definition) is 2. The lowest BCUT2D eigenvalue weighted by molar-refractivity contribution is 0.0340. The molecule has 1 aromatic carbocycles. The van der Waals surface area contributed by atoms with Crippen LogP contribution in [0.25, 0.3) is 0 Å². The molecule has 2 heterocycles. The topological polar surface area (TPSA) is 70.5 Å². The largest absolute Gasteiger partial charge is 0.493 e. The van der Waals surface area contributed by atoms with Gasteiger partial charge in [-0.15, -0.1) is 0 Å². The van der Waals surface area contributed by atoms with Crippen LogP contribution < -0.4 is 15.0 Å². The number of aliphatic hydroxyl groups excluding tert-OH is 1. The zero-order valence-electron chi connectivity index (χ0n) is 13.9. The van der Waals surface area contributed by atoms with E-state index in [4.69, 9.17) is 4.74 Å². The Bertz CT molecular complexity index is 727. The van der Waals surface area contributed by atoms with E-state index in [1.807, 2.05) is 19.0 Å². The highest BCUT2D eigenvalue weighted by atomic mass is 32.1. The molecule has 2 aromatic rings. The van der Waals surface area contributed by atoms with Gasteiger partial charge < -0.3 is 20.1 Å². The highest BCUT2D eigenvalue weighted by Crippen LogP contribution is 2.41. The van der Waals surface area contributed by atoms with Gasteiger partial charge in [0.05, 0.1) is 18.8 Å². The smallest absolute Gasteiger partial charge is 0.238 e. The Kier molecular flexibility index (Phi) is 4.05. The first kappa shape index (κ1) is 15.7. The molecule has 1 fully saturated rings. The Morgan fingerprint density at radius 1 is 1.38 bits per heavy atom. The van der Waals surface area contributed by atoms with Gasteiger partial charge in [-0.05, 0) is 42.0 Å². The van der Waals surface area contributed by atoms with Gasteiger partial charge in [0.2, 0.25) is 11.1 Å². The van der Waals surface area contributed by atoms with Gasteiger partial charge in [0.15, 0.2) is 0 Å². The molecule has 1 aliphatic heterocycles. The number of nitrogens with one attached hydrogen (secondary N) is 1. The van der Waals surface area contributed by atoms with E-state index in [1.165, 1.54) is 22.7 Å². The number of ether oxygens (including phenoxy) is 1. The van der Waals surface area contributed by atoms with Crippen LogP contribution in [-0.4, -0.2) is 41.3 Å². The van der Waals surface area contributed by atoms with Crippen LogP contribution >= 0.6 is 11.5 Å². The molecule has 0 spiro atoms. The molecule has 0 radical (unpaired) electrons. The fourth-order valence-electron chi connectivity index (χ4n) is 3.36. The van der Waals surface area contributed by atoms with Gasteiger partial charge in [-0.1, -0.05) is 6.07 Å². The van der Waals surface area contributed by atoms with E-state index in [0.29, 0.717) is 5.92 Å². The van der Waals surface area contributed by atoms with E-state index in [0.717, 1.165) is 42.7 Å². The molecule has 2 N–H and O–H groups in total. The maximum absolute atomic E-state index is 9.73. The van der Waals surface area contributed by atoms with Crippen LogP contribution in [0.2, 0.25) is 0 Å². The maximum Gasteiger partial charge on any atom is 0.238 e. The van der Waals surface area contributed by atoms with Gasteiger partial charge in [-0.25, -0.2) is 0 Å². The SMILES string of the molecule is CN(C)c1nsc(N[C@H](c2ccc3c(c2)CCO3)C2CC(O)C2)n1. The lowest BCUT2D eigenvalue weighted by Gasteiger charge is -2.38. The Balaban J connectivity index is 1.59. The first-order valence-electron chi connectivity index (χ1n) is 8.31. The molecule has 7 heteroatoms. The summed E-state index contributed by atoms with van der Waals surface area (Å²) in [6.07, 6.45) is 2.44. The second kappa shape index (κ2) is 6.22. The van der Waals surface area contributed by atoms with Crippen LogP contribution in [0.3, 0.4) is 0 Å². The van der Waals surface area contributed by atoms with Crippen molar-refractivity contribution in [2.24, 2.45) is 5.92 Å². The Labute approximate surface area is 145 Å². The molecular formula is C17H22N4O2S. The van der Waals surface area contributed by atoms with Crippen molar-refractivity contribution in [2.45, 2.75) is 31.4 Å². The summed E-state index contributed by atoms with van der Waals surface area (Å²) in [6, 6.07) is 6.56. The van der Waals surface area contributed by atoms with E-state index in [2.05, 4.69) is 32.9 Å². The van der Waals surface area contributed by atoms with Crippen molar-refractivity contribution >= 4 is 22.6 Å². The summed E-state index contributed by atoms with van der Waals surface area (Å²) in [5.41, 5.74) is 2.50. The lowest BCUT2D eigenvalue weighted by Crippen LogP contribution is -2.36. The summed E-state index contributed by atoms with van der Waals surface area (Å²) >= 11 is 1.38. The van der Waals surface area contributed by atoms with E-state index >= 15 is 0 Å². The summed E-state index contributed by atoms with van der Waals surface area (Å²) in [5.74, 6) is 2.13. The molecule has 1 saturated carbocycles. The average Bonchev–Trinajstić information content (AvgIpc) is 3.18. The van der Waals surface area contributed by atoms with E-state index in [9.17, 15) is 5.11 Å². The van der Waals surface area contributed by atoms with Crippen molar-refractivity contribution in [1.82, 2.24) is 9.36 Å². The van der Waals surface area contributed by atoms with Crippen LogP contribution in [0.15, 0.2) is 18.2 Å². The maximum atomic E-state index is 9.73. The van der Waals surface area contributed by atoms with Gasteiger partial charge in [-0.2, -0.15) is 9.36 Å². The van der Waals surface area contributed by atoms with Crippen LogP contribution in [0, 0.1) is 5.92 Å². The molecule has 6 nitrogen and oxygen atoms in total. The van der Waals surface area contributed by atoms with Gasteiger partial charge in [0.25, 0.3) is 0 Å². The first-order valence-corrected chi connectivity index (χ1v) is 9.09. The van der Waals surface area contributed by atoms with Crippen molar-refractivity contribution in [1.29, 1.82) is 0 Å². The molecule has 1 aliphatic carbocycles. The van der Waals surface area contributed by atoms with Gasteiger partial charge >= 0.3 is 0 Å². The summed E-state index contributed by atoms with van der Waals surface area (Å²) < 4.78 is 9.98. The van der Waals surface area contributed by atoms with Gasteiger partial charge in [0, 0.05) is 32.0 Å². The standard InChI is InChI=1S/C17H22N4O2S/c1-21(2)16-19-17(24-20-16)18-15(12-8-13(22)9-12)11-3-4-14-10(7-11)5-6-23-14/h3-4,7,12-13,15,22H,5-6,8-9H2,1-2H3,(H,18,19,20)/t12?,13?,15-/m1/s1. The Morgan fingerprint density at radius 2 is 2.21 bits per heavy atom. The third kappa shape index (κ3) is 2.93. The molecule has 1 atom stereocenters. The minimum Gasteiger partial charge on any atom is -0.493 e. The Morgan fingerprint density at radius 3 is 2.92 bits per heavy atom. The number of aliphatic hydroxyl groups is 1. The molecular weight excluding hydrogens is 324 g/mol. The number of anilines is 2. The van der Waals surface area contributed by atoms with Crippen LogP contribution in [0.5, 0.6) is 5.75 Å². The van der Waals surface area contributed by atoms with E-state index in [1.54, 1.807) is 0 Å².